The Morgan fingerprint density at radius 3 is 2.20 bits per heavy atom. The van der Waals surface area contributed by atoms with Gasteiger partial charge >= 0.3 is 5.97 Å². The van der Waals surface area contributed by atoms with Gasteiger partial charge in [0.1, 0.15) is 0 Å². The smallest absolute Gasteiger partial charge is 0.337 e. The average Bonchev–Trinajstić information content (AvgIpc) is 2.19. The summed E-state index contributed by atoms with van der Waals surface area (Å²) in [6, 6.07) is 6.36. The highest BCUT2D eigenvalue weighted by atomic mass is 16.4. The van der Waals surface area contributed by atoms with E-state index in [0.29, 0.717) is 5.69 Å². The number of aliphatic hydroxyl groups excluding tert-OH is 2. The maximum absolute atomic E-state index is 10.3. The summed E-state index contributed by atoms with van der Waals surface area (Å²) in [4.78, 5) is 10.3. The molecular formula is C10H15NO4. The molecule has 1 aromatic carbocycles. The number of hydrogen-bond donors (Lipinski definition) is 4. The molecule has 5 nitrogen and oxygen atoms in total. The van der Waals surface area contributed by atoms with Crippen molar-refractivity contribution in [2.75, 3.05) is 12.3 Å². The molecule has 0 heterocycles. The normalized spacial score (nSPS) is 11.1. The first-order valence-corrected chi connectivity index (χ1v) is 4.35. The summed E-state index contributed by atoms with van der Waals surface area (Å²) in [5, 5.41) is 24.5. The Bertz CT molecular complexity index is 312. The van der Waals surface area contributed by atoms with Gasteiger partial charge in [-0.3, -0.25) is 0 Å². The third-order valence-electron chi connectivity index (χ3n) is 1.46. The molecule has 15 heavy (non-hydrogen) atoms. The van der Waals surface area contributed by atoms with Gasteiger partial charge in [0, 0.05) is 5.69 Å². The van der Waals surface area contributed by atoms with Crippen LogP contribution in [0, 0.1) is 0 Å². The van der Waals surface area contributed by atoms with Crippen LogP contribution in [0.1, 0.15) is 17.3 Å². The molecule has 5 heteroatoms. The molecule has 0 aliphatic heterocycles. The number of aromatic carboxylic acids is 1. The van der Waals surface area contributed by atoms with Crippen molar-refractivity contribution < 1.29 is 20.1 Å². The van der Waals surface area contributed by atoms with Crippen molar-refractivity contribution in [1.29, 1.82) is 0 Å². The number of benzene rings is 1. The highest BCUT2D eigenvalue weighted by Gasteiger charge is 2.03. The van der Waals surface area contributed by atoms with Crippen LogP contribution in [0.3, 0.4) is 0 Å². The Balaban J connectivity index is 0.000000336. The van der Waals surface area contributed by atoms with Crippen molar-refractivity contribution in [3.05, 3.63) is 29.8 Å². The second-order valence-corrected chi connectivity index (χ2v) is 2.92. The molecule has 0 aromatic heterocycles. The topological polar surface area (TPSA) is 104 Å². The number of carboxylic acid groups (broad SMARTS) is 1. The van der Waals surface area contributed by atoms with Crippen LogP contribution in [0.15, 0.2) is 24.3 Å². The lowest BCUT2D eigenvalue weighted by Gasteiger charge is -1.96. The lowest BCUT2D eigenvalue weighted by atomic mass is 10.2. The zero-order valence-corrected chi connectivity index (χ0v) is 8.42. The molecule has 5 N–H and O–H groups in total. The molecule has 0 aliphatic rings. The summed E-state index contributed by atoms with van der Waals surface area (Å²) in [5.74, 6) is -0.988. The fourth-order valence-electron chi connectivity index (χ4n) is 0.692. The van der Waals surface area contributed by atoms with Gasteiger partial charge in [0.05, 0.1) is 18.3 Å². The van der Waals surface area contributed by atoms with Crippen LogP contribution < -0.4 is 5.73 Å². The molecule has 0 fully saturated rings. The lowest BCUT2D eigenvalue weighted by Crippen LogP contribution is -2.03. The number of para-hydroxylation sites is 1. The van der Waals surface area contributed by atoms with E-state index in [1.807, 2.05) is 0 Å². The molecule has 0 saturated heterocycles. The maximum Gasteiger partial charge on any atom is 0.337 e. The van der Waals surface area contributed by atoms with E-state index in [1.165, 1.54) is 13.0 Å². The standard InChI is InChI=1S/C7H7NO2.C3H8O2/c8-6-4-2-1-3-5(6)7(9)10;1-3(5)2-4/h1-4H,8H2,(H,9,10);3-5H,2H2,1H3. The number of nitrogens with two attached hydrogens (primary N) is 1. The summed E-state index contributed by atoms with van der Waals surface area (Å²) in [7, 11) is 0. The molecule has 0 radical (unpaired) electrons. The minimum atomic E-state index is -0.988. The van der Waals surface area contributed by atoms with Gasteiger partial charge < -0.3 is 21.1 Å². The average molecular weight is 213 g/mol. The largest absolute Gasteiger partial charge is 0.478 e. The molecule has 0 saturated carbocycles. The van der Waals surface area contributed by atoms with Gasteiger partial charge in [-0.05, 0) is 19.1 Å². The lowest BCUT2D eigenvalue weighted by molar-refractivity contribution is 0.0698. The number of rotatable bonds is 2. The van der Waals surface area contributed by atoms with Gasteiger partial charge in [-0.15, -0.1) is 0 Å². The quantitative estimate of drug-likeness (QED) is 0.530. The van der Waals surface area contributed by atoms with Crippen molar-refractivity contribution in [1.82, 2.24) is 0 Å². The summed E-state index contributed by atoms with van der Waals surface area (Å²) in [5.41, 5.74) is 5.80. The van der Waals surface area contributed by atoms with Crippen LogP contribution in [-0.2, 0) is 0 Å². The minimum absolute atomic E-state index is 0.139. The van der Waals surface area contributed by atoms with E-state index >= 15 is 0 Å². The van der Waals surface area contributed by atoms with Gasteiger partial charge in [-0.25, -0.2) is 4.79 Å². The van der Waals surface area contributed by atoms with Crippen LogP contribution >= 0.6 is 0 Å². The highest BCUT2D eigenvalue weighted by molar-refractivity contribution is 5.93. The van der Waals surface area contributed by atoms with Gasteiger partial charge in [-0.2, -0.15) is 0 Å². The van der Waals surface area contributed by atoms with E-state index in [0.717, 1.165) is 0 Å². The predicted molar refractivity (Wildman–Crippen MR) is 56.6 cm³/mol. The molecule has 1 aromatic rings. The van der Waals surface area contributed by atoms with E-state index in [4.69, 9.17) is 21.1 Å². The molecule has 1 rings (SSSR count). The minimum Gasteiger partial charge on any atom is -0.478 e. The zero-order valence-electron chi connectivity index (χ0n) is 8.42. The van der Waals surface area contributed by atoms with E-state index in [-0.39, 0.29) is 12.2 Å². The Labute approximate surface area is 87.8 Å². The van der Waals surface area contributed by atoms with Crippen LogP contribution in [0.5, 0.6) is 0 Å². The second kappa shape index (κ2) is 6.80. The first-order valence-electron chi connectivity index (χ1n) is 4.35. The highest BCUT2D eigenvalue weighted by Crippen LogP contribution is 2.08. The molecule has 0 aliphatic carbocycles. The third-order valence-corrected chi connectivity index (χ3v) is 1.46. The summed E-state index contributed by atoms with van der Waals surface area (Å²) in [6.45, 7) is 1.39. The van der Waals surface area contributed by atoms with Crippen molar-refractivity contribution in [2.24, 2.45) is 0 Å². The Hall–Kier alpha value is -1.59. The number of hydrogen-bond acceptors (Lipinski definition) is 4. The fraction of sp³-hybridized carbons (Fsp3) is 0.300. The first kappa shape index (κ1) is 13.4. The SMILES string of the molecule is CC(O)CO.Nc1ccccc1C(=O)O. The van der Waals surface area contributed by atoms with Crippen LogP contribution in [0.4, 0.5) is 5.69 Å². The first-order chi connectivity index (χ1) is 6.99. The number of anilines is 1. The Morgan fingerprint density at radius 1 is 1.47 bits per heavy atom. The number of carboxylic acids is 1. The van der Waals surface area contributed by atoms with E-state index in [1.54, 1.807) is 18.2 Å². The summed E-state index contributed by atoms with van der Waals surface area (Å²) < 4.78 is 0. The second-order valence-electron chi connectivity index (χ2n) is 2.92. The van der Waals surface area contributed by atoms with E-state index < -0.39 is 12.1 Å². The van der Waals surface area contributed by atoms with Gasteiger partial charge in [0.15, 0.2) is 0 Å². The van der Waals surface area contributed by atoms with Crippen molar-refractivity contribution in [3.8, 4) is 0 Å². The van der Waals surface area contributed by atoms with Crippen molar-refractivity contribution in [3.63, 3.8) is 0 Å². The Morgan fingerprint density at radius 2 is 1.93 bits per heavy atom. The van der Waals surface area contributed by atoms with Crippen LogP contribution in [-0.4, -0.2) is 34.0 Å². The molecule has 84 valence electrons. The van der Waals surface area contributed by atoms with Gasteiger partial charge in [0.2, 0.25) is 0 Å². The molecule has 1 unspecified atom stereocenters. The van der Waals surface area contributed by atoms with E-state index in [2.05, 4.69) is 0 Å². The summed E-state index contributed by atoms with van der Waals surface area (Å²) >= 11 is 0. The summed E-state index contributed by atoms with van der Waals surface area (Å²) in [6.07, 6.45) is -0.560. The maximum atomic E-state index is 10.3. The molecule has 1 atom stereocenters. The number of carbonyl (C=O) groups is 1. The van der Waals surface area contributed by atoms with Gasteiger partial charge in [-0.1, -0.05) is 12.1 Å². The molecular weight excluding hydrogens is 198 g/mol. The van der Waals surface area contributed by atoms with Crippen molar-refractivity contribution in [2.45, 2.75) is 13.0 Å². The van der Waals surface area contributed by atoms with Gasteiger partial charge in [0.25, 0.3) is 0 Å². The number of aliphatic hydroxyl groups is 2. The predicted octanol–water partition coefficient (Wildman–Crippen LogP) is 0.326. The van der Waals surface area contributed by atoms with Crippen LogP contribution in [0.25, 0.3) is 0 Å². The molecule has 0 amide bonds. The monoisotopic (exact) mass is 213 g/mol. The van der Waals surface area contributed by atoms with E-state index in [9.17, 15) is 4.79 Å². The third kappa shape index (κ3) is 5.66. The van der Waals surface area contributed by atoms with Crippen LogP contribution in [0.2, 0.25) is 0 Å². The zero-order chi connectivity index (χ0) is 11.8. The fourth-order valence-corrected chi connectivity index (χ4v) is 0.692. The molecule has 0 bridgehead atoms. The van der Waals surface area contributed by atoms with Crippen molar-refractivity contribution >= 4 is 11.7 Å². The Kier molecular flexibility index (Phi) is 6.08. The number of nitrogen functional groups attached to an aromatic ring is 1. The molecule has 0 spiro atoms.